The number of halogens is 1. The molecule has 0 unspecified atom stereocenters. The number of rotatable bonds is 4. The van der Waals surface area contributed by atoms with Gasteiger partial charge in [-0.1, -0.05) is 29.8 Å². The van der Waals surface area contributed by atoms with Crippen molar-refractivity contribution in [2.45, 2.75) is 0 Å². The van der Waals surface area contributed by atoms with Gasteiger partial charge in [-0.3, -0.25) is 4.79 Å². The molecule has 8 nitrogen and oxygen atoms in total. The van der Waals surface area contributed by atoms with E-state index in [2.05, 4.69) is 25.3 Å². The van der Waals surface area contributed by atoms with E-state index >= 15 is 0 Å². The van der Waals surface area contributed by atoms with Crippen molar-refractivity contribution in [1.82, 2.24) is 19.6 Å². The number of fused-ring (bicyclic) bond motifs is 1. The molecule has 0 bridgehead atoms. The van der Waals surface area contributed by atoms with Crippen LogP contribution in [0.15, 0.2) is 60.9 Å². The van der Waals surface area contributed by atoms with Crippen LogP contribution in [-0.4, -0.2) is 51.8 Å². The number of hydrogen-bond acceptors (Lipinski definition) is 6. The molecule has 4 aromatic rings. The molecule has 31 heavy (non-hydrogen) atoms. The highest BCUT2D eigenvalue weighted by molar-refractivity contribution is 6.30. The second kappa shape index (κ2) is 8.33. The number of nitrogens with zero attached hydrogens (tertiary/aromatic N) is 5. The first-order chi connectivity index (χ1) is 15.2. The zero-order valence-corrected chi connectivity index (χ0v) is 17.3. The van der Waals surface area contributed by atoms with Crippen molar-refractivity contribution in [3.8, 4) is 11.3 Å². The summed E-state index contributed by atoms with van der Waals surface area (Å²) in [7, 11) is 0. The van der Waals surface area contributed by atoms with Gasteiger partial charge in [0, 0.05) is 29.9 Å². The summed E-state index contributed by atoms with van der Waals surface area (Å²) in [5, 5.41) is 7.78. The van der Waals surface area contributed by atoms with Gasteiger partial charge >= 0.3 is 0 Å². The van der Waals surface area contributed by atoms with Crippen molar-refractivity contribution in [3.05, 3.63) is 71.5 Å². The fourth-order valence-electron chi connectivity index (χ4n) is 3.51. The maximum Gasteiger partial charge on any atom is 0.260 e. The smallest absolute Gasteiger partial charge is 0.260 e. The van der Waals surface area contributed by atoms with E-state index in [1.54, 1.807) is 35.1 Å². The van der Waals surface area contributed by atoms with Gasteiger partial charge in [0.15, 0.2) is 5.65 Å². The third-order valence-corrected chi connectivity index (χ3v) is 5.27. The number of hydrogen-bond donors (Lipinski definition) is 1. The number of aromatic nitrogens is 4. The highest BCUT2D eigenvalue weighted by atomic mass is 35.5. The molecule has 1 aliphatic rings. The predicted molar refractivity (Wildman–Crippen MR) is 119 cm³/mol. The lowest BCUT2D eigenvalue weighted by Gasteiger charge is -2.28. The molecular formula is C22H19ClN6O2. The Balaban J connectivity index is 1.42. The third kappa shape index (κ3) is 4.08. The van der Waals surface area contributed by atoms with E-state index in [1.807, 2.05) is 30.3 Å². The number of carbonyl (C=O) groups excluding carboxylic acids is 1. The van der Waals surface area contributed by atoms with Gasteiger partial charge in [-0.15, -0.1) is 0 Å². The van der Waals surface area contributed by atoms with Crippen LogP contribution in [0.3, 0.4) is 0 Å². The maximum atomic E-state index is 13.0. The van der Waals surface area contributed by atoms with Gasteiger partial charge in [0.25, 0.3) is 5.91 Å². The molecule has 0 atom stereocenters. The Morgan fingerprint density at radius 3 is 2.74 bits per heavy atom. The summed E-state index contributed by atoms with van der Waals surface area (Å²) in [4.78, 5) is 24.4. The van der Waals surface area contributed by atoms with Gasteiger partial charge in [0.2, 0.25) is 0 Å². The number of anilines is 2. The molecule has 1 fully saturated rings. The summed E-state index contributed by atoms with van der Waals surface area (Å²) in [6.45, 7) is 2.88. The monoisotopic (exact) mass is 434 g/mol. The number of nitrogens with one attached hydrogen (secondary N) is 1. The number of carbonyl (C=O) groups is 1. The van der Waals surface area contributed by atoms with Crippen molar-refractivity contribution >= 4 is 34.8 Å². The van der Waals surface area contributed by atoms with E-state index in [0.29, 0.717) is 41.0 Å². The fraction of sp³-hybridized carbons (Fsp3) is 0.182. The van der Waals surface area contributed by atoms with Crippen LogP contribution in [0.2, 0.25) is 5.02 Å². The summed E-state index contributed by atoms with van der Waals surface area (Å²) >= 11 is 6.10. The topological polar surface area (TPSA) is 84.7 Å². The third-order valence-electron chi connectivity index (χ3n) is 5.04. The Hall–Kier alpha value is -3.49. The number of ether oxygens (including phenoxy) is 1. The number of morpholine rings is 1. The van der Waals surface area contributed by atoms with E-state index in [9.17, 15) is 4.79 Å². The van der Waals surface area contributed by atoms with E-state index in [-0.39, 0.29) is 5.91 Å². The molecule has 5 rings (SSSR count). The van der Waals surface area contributed by atoms with Crippen molar-refractivity contribution in [3.63, 3.8) is 0 Å². The lowest BCUT2D eigenvalue weighted by molar-refractivity contribution is 0.102. The summed E-state index contributed by atoms with van der Waals surface area (Å²) in [5.41, 5.74) is 2.40. The van der Waals surface area contributed by atoms with Gasteiger partial charge in [0.1, 0.15) is 11.6 Å². The van der Waals surface area contributed by atoms with Gasteiger partial charge < -0.3 is 15.0 Å². The molecule has 4 heterocycles. The summed E-state index contributed by atoms with van der Waals surface area (Å²) in [5.74, 6) is 0.984. The zero-order chi connectivity index (χ0) is 21.2. The van der Waals surface area contributed by atoms with E-state index < -0.39 is 0 Å². The molecule has 0 radical (unpaired) electrons. The number of pyridine rings is 1. The van der Waals surface area contributed by atoms with Crippen molar-refractivity contribution in [1.29, 1.82) is 0 Å². The molecule has 1 aliphatic heterocycles. The van der Waals surface area contributed by atoms with Crippen LogP contribution < -0.4 is 10.2 Å². The van der Waals surface area contributed by atoms with Crippen LogP contribution in [0, 0.1) is 0 Å². The lowest BCUT2D eigenvalue weighted by atomic mass is 10.2. The highest BCUT2D eigenvalue weighted by Gasteiger charge is 2.17. The van der Waals surface area contributed by atoms with Crippen molar-refractivity contribution in [2.24, 2.45) is 0 Å². The summed E-state index contributed by atoms with van der Waals surface area (Å²) in [6.07, 6.45) is 3.35. The Labute approximate surface area is 183 Å². The Morgan fingerprint density at radius 1 is 1.06 bits per heavy atom. The molecule has 156 valence electrons. The molecular weight excluding hydrogens is 416 g/mol. The molecule has 0 aliphatic carbocycles. The number of imidazole rings is 1. The van der Waals surface area contributed by atoms with Crippen LogP contribution in [-0.2, 0) is 4.74 Å². The molecule has 1 N–H and O–H groups in total. The van der Waals surface area contributed by atoms with Crippen LogP contribution in [0.1, 0.15) is 10.4 Å². The minimum atomic E-state index is -0.303. The Kier molecular flexibility index (Phi) is 5.23. The first-order valence-corrected chi connectivity index (χ1v) is 10.3. The van der Waals surface area contributed by atoms with Crippen LogP contribution >= 0.6 is 11.6 Å². The zero-order valence-electron chi connectivity index (χ0n) is 16.5. The predicted octanol–water partition coefficient (Wildman–Crippen LogP) is 3.53. The van der Waals surface area contributed by atoms with Crippen LogP contribution in [0.5, 0.6) is 0 Å². The normalized spacial score (nSPS) is 14.0. The van der Waals surface area contributed by atoms with Gasteiger partial charge in [-0.2, -0.15) is 5.10 Å². The van der Waals surface area contributed by atoms with E-state index in [4.69, 9.17) is 16.3 Å². The summed E-state index contributed by atoms with van der Waals surface area (Å²) < 4.78 is 6.98. The Bertz CT molecular complexity index is 1250. The van der Waals surface area contributed by atoms with Crippen LogP contribution in [0.4, 0.5) is 11.6 Å². The highest BCUT2D eigenvalue weighted by Crippen LogP contribution is 2.23. The average Bonchev–Trinajstić information content (AvgIpc) is 3.24. The molecule has 0 saturated carbocycles. The molecule has 1 aromatic carbocycles. The van der Waals surface area contributed by atoms with Gasteiger partial charge in [0.05, 0.1) is 30.7 Å². The van der Waals surface area contributed by atoms with E-state index in [1.165, 1.54) is 0 Å². The largest absolute Gasteiger partial charge is 0.378 e. The quantitative estimate of drug-likeness (QED) is 0.529. The average molecular weight is 435 g/mol. The number of amides is 1. The van der Waals surface area contributed by atoms with Crippen LogP contribution in [0.25, 0.3) is 16.9 Å². The maximum absolute atomic E-state index is 13.0. The molecule has 3 aromatic heterocycles. The first kappa shape index (κ1) is 19.5. The molecule has 9 heteroatoms. The summed E-state index contributed by atoms with van der Waals surface area (Å²) in [6, 6.07) is 14.6. The minimum Gasteiger partial charge on any atom is -0.378 e. The first-order valence-electron chi connectivity index (χ1n) is 9.89. The molecule has 1 saturated heterocycles. The second-order valence-corrected chi connectivity index (χ2v) is 7.52. The number of benzene rings is 1. The minimum absolute atomic E-state index is 0.303. The SMILES string of the molecule is O=C(Nc1cccc(N2CCOCC2)n1)c1ccnn2cc(-c3cccc(Cl)c3)nc12. The van der Waals surface area contributed by atoms with E-state index in [0.717, 1.165) is 24.5 Å². The van der Waals surface area contributed by atoms with Crippen molar-refractivity contribution in [2.75, 3.05) is 36.5 Å². The molecule has 0 spiro atoms. The van der Waals surface area contributed by atoms with Crippen molar-refractivity contribution < 1.29 is 9.53 Å². The van der Waals surface area contributed by atoms with Gasteiger partial charge in [-0.25, -0.2) is 14.5 Å². The van der Waals surface area contributed by atoms with Gasteiger partial charge in [-0.05, 0) is 30.3 Å². The molecule has 1 amide bonds. The fourth-order valence-corrected chi connectivity index (χ4v) is 3.70. The lowest BCUT2D eigenvalue weighted by Crippen LogP contribution is -2.36. The second-order valence-electron chi connectivity index (χ2n) is 7.08. The standard InChI is InChI=1S/C22H19ClN6O2/c23-16-4-1-3-15(13-16)18-14-29-21(25-18)17(7-8-24-29)22(30)27-19-5-2-6-20(26-19)28-9-11-31-12-10-28/h1-8,13-14H,9-12H2,(H,26,27,30). The Morgan fingerprint density at radius 2 is 1.90 bits per heavy atom.